The number of nitrogens with zero attached hydrogens (tertiary/aromatic N) is 4. The zero-order chi connectivity index (χ0) is 10.1. The summed E-state index contributed by atoms with van der Waals surface area (Å²) in [5, 5.41) is 15.1. The fourth-order valence-electron chi connectivity index (χ4n) is 0.718. The Bertz CT molecular complexity index is 306. The van der Waals surface area contributed by atoms with Gasteiger partial charge in [0.05, 0.1) is 13.6 Å². The van der Waals surface area contributed by atoms with E-state index in [-0.39, 0.29) is 0 Å². The molecule has 2 radical (unpaired) electrons. The third kappa shape index (κ3) is 5.52. The molecule has 0 amide bonds. The van der Waals surface area contributed by atoms with Crippen LogP contribution < -0.4 is 4.57 Å². The van der Waals surface area contributed by atoms with E-state index in [2.05, 4.69) is 24.0 Å². The molecular formula is C8H11BN4. The van der Waals surface area contributed by atoms with E-state index in [9.17, 15) is 0 Å². The molecule has 4 nitrogen and oxygen atoms in total. The first-order valence-corrected chi connectivity index (χ1v) is 3.86. The van der Waals surface area contributed by atoms with Crippen LogP contribution in [0.5, 0.6) is 0 Å². The van der Waals surface area contributed by atoms with E-state index in [1.807, 2.05) is 17.8 Å². The van der Waals surface area contributed by atoms with Gasteiger partial charge in [0.1, 0.15) is 12.4 Å². The average molecular weight is 174 g/mol. The number of rotatable bonds is 1. The molecule has 1 rings (SSSR count). The number of nitriles is 2. The second-order valence-electron chi connectivity index (χ2n) is 2.31. The van der Waals surface area contributed by atoms with Crippen LogP contribution >= 0.6 is 0 Å². The largest absolute Gasteiger partial charge is 0.255 e. The van der Waals surface area contributed by atoms with Crippen LogP contribution in [-0.2, 0) is 13.6 Å². The second-order valence-corrected chi connectivity index (χ2v) is 2.31. The van der Waals surface area contributed by atoms with Crippen LogP contribution in [0.1, 0.15) is 6.92 Å². The molecule has 13 heavy (non-hydrogen) atoms. The van der Waals surface area contributed by atoms with Gasteiger partial charge in [0.2, 0.25) is 6.33 Å². The van der Waals surface area contributed by atoms with Crippen molar-refractivity contribution in [2.45, 2.75) is 13.5 Å². The van der Waals surface area contributed by atoms with Gasteiger partial charge in [-0.05, 0) is 6.92 Å². The van der Waals surface area contributed by atoms with E-state index >= 15 is 0 Å². The summed E-state index contributed by atoms with van der Waals surface area (Å²) < 4.78 is 4.16. The molecule has 0 N–H and O–H groups in total. The maximum Gasteiger partial charge on any atom is 0.243 e. The summed E-state index contributed by atoms with van der Waals surface area (Å²) in [6, 6.07) is 0. The van der Waals surface area contributed by atoms with E-state index < -0.39 is 0 Å². The second kappa shape index (κ2) is 6.93. The highest BCUT2D eigenvalue weighted by Crippen LogP contribution is 1.79. The van der Waals surface area contributed by atoms with Crippen LogP contribution in [0.3, 0.4) is 0 Å². The smallest absolute Gasteiger partial charge is 0.243 e. The summed E-state index contributed by atoms with van der Waals surface area (Å²) in [6.07, 6.45) is 6.14. The molecule has 0 fully saturated rings. The molecule has 0 aliphatic rings. The van der Waals surface area contributed by atoms with E-state index in [1.165, 1.54) is 11.9 Å². The molecule has 0 aromatic carbocycles. The van der Waals surface area contributed by atoms with Crippen molar-refractivity contribution in [2.75, 3.05) is 0 Å². The Hall–Kier alpha value is -1.75. The first kappa shape index (κ1) is 11.3. The van der Waals surface area contributed by atoms with Gasteiger partial charge in [-0.15, -0.1) is 0 Å². The van der Waals surface area contributed by atoms with Gasteiger partial charge in [-0.25, -0.2) is 21.1 Å². The number of aromatic nitrogens is 2. The summed E-state index contributed by atoms with van der Waals surface area (Å²) in [6.45, 7) is 3.18. The quantitative estimate of drug-likeness (QED) is 0.443. The molecule has 5 heteroatoms. The highest BCUT2D eigenvalue weighted by molar-refractivity contribution is 6.53. The highest BCUT2D eigenvalue weighted by atomic mass is 15.1. The summed E-state index contributed by atoms with van der Waals surface area (Å²) >= 11 is 0. The standard InChI is InChI=1S/C6H11N2.C2BN2/c1-3-8-5-4-7(2)6-8;4-1-3-2-5/h4-6H,3H2,1-2H3;/q+1;-1. The molecule has 0 bridgehead atoms. The van der Waals surface area contributed by atoms with Crippen molar-refractivity contribution in [3.8, 4) is 11.9 Å². The zero-order valence-corrected chi connectivity index (χ0v) is 7.81. The summed E-state index contributed by atoms with van der Waals surface area (Å²) in [5.74, 6) is 3.06. The SMILES string of the molecule is CCn1cc[n+](C)c1.N#C[B-]C#N. The molecule has 1 aromatic heterocycles. The number of imidazole rings is 1. The molecule has 0 saturated heterocycles. The summed E-state index contributed by atoms with van der Waals surface area (Å²) in [4.78, 5) is 0. The first-order valence-electron chi connectivity index (χ1n) is 3.86. The Balaban J connectivity index is 0.000000252. The Kier molecular flexibility index (Phi) is 6.00. The lowest BCUT2D eigenvalue weighted by Gasteiger charge is -1.81. The van der Waals surface area contributed by atoms with Gasteiger partial charge in [0.25, 0.3) is 0 Å². The molecule has 0 saturated carbocycles. The molecule has 1 heterocycles. The lowest BCUT2D eigenvalue weighted by Crippen LogP contribution is -2.23. The van der Waals surface area contributed by atoms with Crippen LogP contribution in [0.15, 0.2) is 18.7 Å². The molecule has 0 aliphatic carbocycles. The topological polar surface area (TPSA) is 56.4 Å². The number of hydrogen-bond acceptors (Lipinski definition) is 2. The maximum absolute atomic E-state index is 7.54. The third-order valence-electron chi connectivity index (χ3n) is 1.32. The molecule has 0 aliphatic heterocycles. The minimum Gasteiger partial charge on any atom is -0.255 e. The van der Waals surface area contributed by atoms with E-state index in [0.29, 0.717) is 0 Å². The van der Waals surface area contributed by atoms with E-state index in [1.54, 1.807) is 0 Å². The normalized spacial score (nSPS) is 7.69. The number of aryl methyl sites for hydroxylation is 2. The van der Waals surface area contributed by atoms with Gasteiger partial charge in [0.15, 0.2) is 0 Å². The molecule has 0 atom stereocenters. The Morgan fingerprint density at radius 1 is 1.46 bits per heavy atom. The van der Waals surface area contributed by atoms with Gasteiger partial charge in [-0.3, -0.25) is 10.5 Å². The Morgan fingerprint density at radius 3 is 2.23 bits per heavy atom. The van der Waals surface area contributed by atoms with Crippen molar-refractivity contribution in [1.29, 1.82) is 10.5 Å². The maximum atomic E-state index is 7.54. The first-order chi connectivity index (χ1) is 6.24. The molecular weight excluding hydrogens is 163 g/mol. The monoisotopic (exact) mass is 174 g/mol. The minimum atomic E-state index is 0.861. The molecule has 0 unspecified atom stereocenters. The van der Waals surface area contributed by atoms with Crippen molar-refractivity contribution in [2.24, 2.45) is 7.05 Å². The van der Waals surface area contributed by atoms with Crippen molar-refractivity contribution >= 4 is 7.28 Å². The zero-order valence-electron chi connectivity index (χ0n) is 7.81. The lowest BCUT2D eigenvalue weighted by molar-refractivity contribution is -0.671. The predicted octanol–water partition coefficient (Wildman–Crippen LogP) is -0.0147. The van der Waals surface area contributed by atoms with Gasteiger partial charge >= 0.3 is 0 Å². The fourth-order valence-corrected chi connectivity index (χ4v) is 0.718. The summed E-state index contributed by atoms with van der Waals surface area (Å²) in [7, 11) is 2.88. The van der Waals surface area contributed by atoms with Gasteiger partial charge < -0.3 is 0 Å². The third-order valence-corrected chi connectivity index (χ3v) is 1.32. The molecule has 1 aromatic rings. The minimum absolute atomic E-state index is 0.861. The Labute approximate surface area is 78.9 Å². The van der Waals surface area contributed by atoms with Crippen LogP contribution in [0.2, 0.25) is 0 Å². The van der Waals surface area contributed by atoms with Gasteiger partial charge in [-0.2, -0.15) is 0 Å². The van der Waals surface area contributed by atoms with Crippen LogP contribution in [0, 0.1) is 22.5 Å². The average Bonchev–Trinajstić information content (AvgIpc) is 2.54. The fraction of sp³-hybridized carbons (Fsp3) is 0.375. The number of hydrogen-bond donors (Lipinski definition) is 0. The van der Waals surface area contributed by atoms with Crippen molar-refractivity contribution in [1.82, 2.24) is 4.57 Å². The predicted molar refractivity (Wildman–Crippen MR) is 48.3 cm³/mol. The van der Waals surface area contributed by atoms with Crippen molar-refractivity contribution in [3.63, 3.8) is 0 Å². The Morgan fingerprint density at radius 2 is 2.08 bits per heavy atom. The van der Waals surface area contributed by atoms with Crippen molar-refractivity contribution in [3.05, 3.63) is 18.7 Å². The van der Waals surface area contributed by atoms with Crippen LogP contribution in [-0.4, -0.2) is 11.8 Å². The highest BCUT2D eigenvalue weighted by Gasteiger charge is 1.92. The van der Waals surface area contributed by atoms with E-state index in [4.69, 9.17) is 10.5 Å². The lowest BCUT2D eigenvalue weighted by atomic mass is 9.85. The van der Waals surface area contributed by atoms with Gasteiger partial charge in [-0.1, -0.05) is 7.28 Å². The van der Waals surface area contributed by atoms with E-state index in [0.717, 1.165) is 13.8 Å². The molecule has 66 valence electrons. The van der Waals surface area contributed by atoms with Crippen LogP contribution in [0.4, 0.5) is 0 Å². The summed E-state index contributed by atoms with van der Waals surface area (Å²) in [5.41, 5.74) is 0. The van der Waals surface area contributed by atoms with Crippen molar-refractivity contribution < 1.29 is 4.57 Å². The molecule has 0 spiro atoms. The van der Waals surface area contributed by atoms with Gasteiger partial charge in [0, 0.05) is 0 Å². The van der Waals surface area contributed by atoms with Crippen LogP contribution in [0.25, 0.3) is 0 Å².